The number of rotatable bonds is 6. The van der Waals surface area contributed by atoms with Gasteiger partial charge >= 0.3 is 0 Å². The summed E-state index contributed by atoms with van der Waals surface area (Å²) in [7, 11) is 0. The first-order valence-electron chi connectivity index (χ1n) is 6.77. The van der Waals surface area contributed by atoms with E-state index in [9.17, 15) is 4.79 Å². The summed E-state index contributed by atoms with van der Waals surface area (Å²) >= 11 is 6.06. The Bertz CT molecular complexity index is 535. The van der Waals surface area contributed by atoms with E-state index in [0.717, 1.165) is 12.5 Å². The molecule has 104 valence electrons. The molecule has 0 atom stereocenters. The SMILES string of the molecule is O=c1c(Cl)c(NCC2(C3CC3)CC2)cnn1CCO. The van der Waals surface area contributed by atoms with Gasteiger partial charge < -0.3 is 10.4 Å². The maximum absolute atomic E-state index is 11.9. The Morgan fingerprint density at radius 3 is 2.84 bits per heavy atom. The minimum atomic E-state index is -0.350. The number of aliphatic hydroxyl groups excluding tert-OH is 1. The van der Waals surface area contributed by atoms with Gasteiger partial charge in [0.15, 0.2) is 0 Å². The first-order valence-corrected chi connectivity index (χ1v) is 7.14. The summed E-state index contributed by atoms with van der Waals surface area (Å²) in [6, 6.07) is 0. The van der Waals surface area contributed by atoms with Crippen LogP contribution >= 0.6 is 11.6 Å². The quantitative estimate of drug-likeness (QED) is 0.830. The maximum atomic E-state index is 11.9. The molecule has 3 rings (SSSR count). The molecule has 0 bridgehead atoms. The van der Waals surface area contributed by atoms with E-state index in [-0.39, 0.29) is 23.7 Å². The van der Waals surface area contributed by atoms with Crippen LogP contribution in [0, 0.1) is 11.3 Å². The third-order valence-electron chi connectivity index (χ3n) is 4.26. The molecule has 0 aliphatic heterocycles. The zero-order chi connectivity index (χ0) is 13.5. The number of aromatic nitrogens is 2. The lowest BCUT2D eigenvalue weighted by atomic mass is 10.0. The molecule has 19 heavy (non-hydrogen) atoms. The van der Waals surface area contributed by atoms with E-state index in [1.807, 2.05) is 0 Å². The van der Waals surface area contributed by atoms with E-state index < -0.39 is 0 Å². The lowest BCUT2D eigenvalue weighted by molar-refractivity contribution is 0.266. The number of aliphatic hydroxyl groups is 1. The van der Waals surface area contributed by atoms with Gasteiger partial charge in [0, 0.05) is 6.54 Å². The van der Waals surface area contributed by atoms with Gasteiger partial charge in [-0.15, -0.1) is 0 Å². The van der Waals surface area contributed by atoms with Crippen LogP contribution in [0.5, 0.6) is 0 Å². The zero-order valence-corrected chi connectivity index (χ0v) is 11.5. The van der Waals surface area contributed by atoms with Crippen LogP contribution in [0.3, 0.4) is 0 Å². The molecular formula is C13H18ClN3O2. The number of halogens is 1. The van der Waals surface area contributed by atoms with Gasteiger partial charge in [0.05, 0.1) is 25.0 Å². The van der Waals surface area contributed by atoms with Gasteiger partial charge in [-0.1, -0.05) is 11.6 Å². The Hall–Kier alpha value is -1.07. The van der Waals surface area contributed by atoms with Crippen molar-refractivity contribution < 1.29 is 5.11 Å². The first kappa shape index (κ1) is 12.9. The van der Waals surface area contributed by atoms with Gasteiger partial charge in [0.2, 0.25) is 0 Å². The molecule has 2 aliphatic rings. The summed E-state index contributed by atoms with van der Waals surface area (Å²) in [5.41, 5.74) is 0.702. The van der Waals surface area contributed by atoms with Gasteiger partial charge in [-0.25, -0.2) is 4.68 Å². The van der Waals surface area contributed by atoms with Crippen molar-refractivity contribution in [1.29, 1.82) is 0 Å². The highest BCUT2D eigenvalue weighted by molar-refractivity contribution is 6.32. The molecule has 2 fully saturated rings. The summed E-state index contributed by atoms with van der Waals surface area (Å²) in [4.78, 5) is 11.9. The Kier molecular flexibility index (Phi) is 3.27. The number of hydrogen-bond donors (Lipinski definition) is 2. The fourth-order valence-electron chi connectivity index (χ4n) is 2.70. The van der Waals surface area contributed by atoms with Crippen molar-refractivity contribution in [3.05, 3.63) is 21.6 Å². The molecule has 6 heteroatoms. The van der Waals surface area contributed by atoms with Crippen LogP contribution in [0.15, 0.2) is 11.0 Å². The highest BCUT2D eigenvalue weighted by Crippen LogP contribution is 2.61. The summed E-state index contributed by atoms with van der Waals surface area (Å²) in [5, 5.41) is 16.3. The second-order valence-electron chi connectivity index (χ2n) is 5.61. The lowest BCUT2D eigenvalue weighted by Crippen LogP contribution is -2.26. The highest BCUT2D eigenvalue weighted by atomic mass is 35.5. The molecule has 2 N–H and O–H groups in total. The van der Waals surface area contributed by atoms with Gasteiger partial charge in [-0.05, 0) is 37.0 Å². The summed E-state index contributed by atoms with van der Waals surface area (Å²) in [5.74, 6) is 0.862. The Balaban J connectivity index is 1.71. The fourth-order valence-corrected chi connectivity index (χ4v) is 2.91. The van der Waals surface area contributed by atoms with Gasteiger partial charge in [-0.3, -0.25) is 4.79 Å². The molecule has 0 spiro atoms. The van der Waals surface area contributed by atoms with Crippen LogP contribution < -0.4 is 10.9 Å². The molecule has 0 radical (unpaired) electrons. The minimum Gasteiger partial charge on any atom is -0.394 e. The Morgan fingerprint density at radius 1 is 1.53 bits per heavy atom. The van der Waals surface area contributed by atoms with Crippen LogP contribution in [-0.4, -0.2) is 28.0 Å². The topological polar surface area (TPSA) is 67.2 Å². The van der Waals surface area contributed by atoms with Gasteiger partial charge in [-0.2, -0.15) is 5.10 Å². The van der Waals surface area contributed by atoms with Crippen molar-refractivity contribution in [2.45, 2.75) is 32.2 Å². The molecule has 0 amide bonds. The number of anilines is 1. The second kappa shape index (κ2) is 4.80. The maximum Gasteiger partial charge on any atom is 0.287 e. The predicted molar refractivity (Wildman–Crippen MR) is 73.5 cm³/mol. The van der Waals surface area contributed by atoms with E-state index in [0.29, 0.717) is 11.1 Å². The highest BCUT2D eigenvalue weighted by Gasteiger charge is 2.53. The van der Waals surface area contributed by atoms with E-state index in [2.05, 4.69) is 10.4 Å². The number of nitrogens with one attached hydrogen (secondary N) is 1. The molecule has 2 aliphatic carbocycles. The molecule has 0 aromatic carbocycles. The molecule has 1 heterocycles. The smallest absolute Gasteiger partial charge is 0.287 e. The van der Waals surface area contributed by atoms with E-state index >= 15 is 0 Å². The molecule has 0 unspecified atom stereocenters. The molecule has 5 nitrogen and oxygen atoms in total. The molecule has 0 saturated heterocycles. The van der Waals surface area contributed by atoms with Gasteiger partial charge in [0.25, 0.3) is 5.56 Å². The average Bonchev–Trinajstić information content (AvgIpc) is 3.27. The van der Waals surface area contributed by atoms with Crippen molar-refractivity contribution >= 4 is 17.3 Å². The molecule has 1 aromatic rings. The second-order valence-corrected chi connectivity index (χ2v) is 5.99. The van der Waals surface area contributed by atoms with E-state index in [1.54, 1.807) is 6.20 Å². The van der Waals surface area contributed by atoms with Crippen molar-refractivity contribution in [2.75, 3.05) is 18.5 Å². The summed E-state index contributed by atoms with van der Waals surface area (Å²) < 4.78 is 1.18. The molecular weight excluding hydrogens is 266 g/mol. The normalized spacial score (nSPS) is 20.3. The lowest BCUT2D eigenvalue weighted by Gasteiger charge is -2.16. The van der Waals surface area contributed by atoms with Gasteiger partial charge in [0.1, 0.15) is 5.02 Å². The standard InChI is InChI=1S/C13H18ClN3O2/c14-11-10(7-16-17(5-6-18)12(11)19)15-8-13(3-4-13)9-1-2-9/h7,9,15,18H,1-6,8H2. The zero-order valence-electron chi connectivity index (χ0n) is 10.7. The van der Waals surface area contributed by atoms with E-state index in [1.165, 1.54) is 30.4 Å². The first-order chi connectivity index (χ1) is 9.16. The van der Waals surface area contributed by atoms with Crippen LogP contribution in [0.2, 0.25) is 5.02 Å². The largest absolute Gasteiger partial charge is 0.394 e. The van der Waals surface area contributed by atoms with Crippen LogP contribution in [0.25, 0.3) is 0 Å². The van der Waals surface area contributed by atoms with E-state index in [4.69, 9.17) is 16.7 Å². The average molecular weight is 284 g/mol. The van der Waals surface area contributed by atoms with Crippen molar-refractivity contribution in [3.63, 3.8) is 0 Å². The summed E-state index contributed by atoms with van der Waals surface area (Å²) in [6.07, 6.45) is 6.80. The number of nitrogens with zero attached hydrogens (tertiary/aromatic N) is 2. The monoisotopic (exact) mass is 283 g/mol. The van der Waals surface area contributed by atoms with Crippen molar-refractivity contribution in [3.8, 4) is 0 Å². The summed E-state index contributed by atoms with van der Waals surface area (Å²) in [6.45, 7) is 0.925. The third-order valence-corrected chi connectivity index (χ3v) is 4.63. The molecule has 2 saturated carbocycles. The fraction of sp³-hybridized carbons (Fsp3) is 0.692. The van der Waals surface area contributed by atoms with Crippen LogP contribution in [0.4, 0.5) is 5.69 Å². The van der Waals surface area contributed by atoms with Crippen molar-refractivity contribution in [2.24, 2.45) is 11.3 Å². The third kappa shape index (κ3) is 2.49. The minimum absolute atomic E-state index is 0.124. The van der Waals surface area contributed by atoms with Crippen LogP contribution in [0.1, 0.15) is 25.7 Å². The Labute approximate surface area is 116 Å². The Morgan fingerprint density at radius 2 is 2.26 bits per heavy atom. The predicted octanol–water partition coefficient (Wildman–Crippen LogP) is 1.49. The van der Waals surface area contributed by atoms with Crippen molar-refractivity contribution in [1.82, 2.24) is 9.78 Å². The van der Waals surface area contributed by atoms with Crippen LogP contribution in [-0.2, 0) is 6.54 Å². The molecule has 1 aromatic heterocycles. The number of hydrogen-bond acceptors (Lipinski definition) is 4.